The minimum Gasteiger partial charge on any atom is -0.478 e. The van der Waals surface area contributed by atoms with Crippen LogP contribution in [-0.4, -0.2) is 11.1 Å². The molecule has 0 spiro atoms. The monoisotopic (exact) mass is 166 g/mol. The van der Waals surface area contributed by atoms with Crippen molar-refractivity contribution in [2.45, 2.75) is 26.2 Å². The van der Waals surface area contributed by atoms with Crippen LogP contribution < -0.4 is 0 Å². The lowest BCUT2D eigenvalue weighted by Crippen LogP contribution is -2.06. The third-order valence-electron chi connectivity index (χ3n) is 2.37. The molecule has 2 heteroatoms. The molecule has 0 bridgehead atoms. The van der Waals surface area contributed by atoms with Gasteiger partial charge in [0.15, 0.2) is 0 Å². The smallest absolute Gasteiger partial charge is 0.331 e. The van der Waals surface area contributed by atoms with Crippen LogP contribution in [0, 0.1) is 5.41 Å². The lowest BCUT2D eigenvalue weighted by molar-refractivity contribution is -0.132. The van der Waals surface area contributed by atoms with Crippen LogP contribution in [0.4, 0.5) is 0 Å². The number of carbonyl (C=O) groups is 1. The Labute approximate surface area is 72.6 Å². The van der Waals surface area contributed by atoms with Gasteiger partial charge in [-0.25, -0.2) is 4.79 Å². The lowest BCUT2D eigenvalue weighted by Gasteiger charge is -2.18. The van der Waals surface area contributed by atoms with E-state index in [2.05, 4.69) is 13.5 Å². The fraction of sp³-hybridized carbons (Fsp3) is 0.500. The summed E-state index contributed by atoms with van der Waals surface area (Å²) in [4.78, 5) is 10.6. The molecule has 12 heavy (non-hydrogen) atoms. The second-order valence-corrected chi connectivity index (χ2v) is 3.62. The Hall–Kier alpha value is -1.05. The molecule has 66 valence electrons. The molecule has 1 aliphatic carbocycles. The number of rotatable bonds is 3. The molecule has 0 amide bonds. The molecule has 0 aromatic rings. The molecule has 0 aliphatic heterocycles. The Morgan fingerprint density at radius 1 is 1.92 bits per heavy atom. The van der Waals surface area contributed by atoms with E-state index in [1.165, 1.54) is 0 Å². The molecule has 0 aromatic heterocycles. The van der Waals surface area contributed by atoms with Crippen molar-refractivity contribution in [3.8, 4) is 0 Å². The van der Waals surface area contributed by atoms with Crippen molar-refractivity contribution >= 4 is 5.97 Å². The number of allylic oxidation sites excluding steroid dienone is 2. The molecule has 0 saturated heterocycles. The zero-order chi connectivity index (χ0) is 9.19. The van der Waals surface area contributed by atoms with Crippen LogP contribution in [0.5, 0.6) is 0 Å². The van der Waals surface area contributed by atoms with Crippen LogP contribution in [0.1, 0.15) is 26.2 Å². The third-order valence-corrected chi connectivity index (χ3v) is 2.37. The summed E-state index contributed by atoms with van der Waals surface area (Å²) < 4.78 is 0. The molecule has 0 aromatic carbocycles. The average Bonchev–Trinajstić information content (AvgIpc) is 2.33. The van der Waals surface area contributed by atoms with Gasteiger partial charge < -0.3 is 5.11 Å². The molecule has 0 saturated carbocycles. The number of hydrogen-bond donors (Lipinski definition) is 1. The Bertz CT molecular complexity index is 240. The van der Waals surface area contributed by atoms with Crippen molar-refractivity contribution in [3.05, 3.63) is 24.3 Å². The molecule has 2 nitrogen and oxygen atoms in total. The quantitative estimate of drug-likeness (QED) is 0.653. The van der Waals surface area contributed by atoms with Gasteiger partial charge >= 0.3 is 5.97 Å². The topological polar surface area (TPSA) is 37.3 Å². The van der Waals surface area contributed by atoms with Crippen LogP contribution in [0.2, 0.25) is 0 Å². The molecular weight excluding hydrogens is 152 g/mol. The number of carboxylic acids is 1. The van der Waals surface area contributed by atoms with Crippen LogP contribution >= 0.6 is 0 Å². The van der Waals surface area contributed by atoms with E-state index in [9.17, 15) is 4.79 Å². The largest absolute Gasteiger partial charge is 0.478 e. The van der Waals surface area contributed by atoms with E-state index in [1.54, 1.807) is 0 Å². The van der Waals surface area contributed by atoms with Gasteiger partial charge in [-0.05, 0) is 24.7 Å². The number of hydrogen-bond acceptors (Lipinski definition) is 1. The maximum atomic E-state index is 10.6. The van der Waals surface area contributed by atoms with Gasteiger partial charge in [0.2, 0.25) is 0 Å². The molecular formula is C10H14O2. The van der Waals surface area contributed by atoms with Crippen LogP contribution in [0.15, 0.2) is 24.3 Å². The van der Waals surface area contributed by atoms with Gasteiger partial charge in [-0.2, -0.15) is 0 Å². The standard InChI is InChI=1S/C10H14O2/c1-3-5-10(2)6-4-8(7-10)9(11)12/h3,7H,1,4-6H2,2H3,(H,11,12)/t10-/m1/s1. The minimum atomic E-state index is -0.775. The van der Waals surface area contributed by atoms with E-state index in [4.69, 9.17) is 5.11 Å². The summed E-state index contributed by atoms with van der Waals surface area (Å²) in [5.74, 6) is -0.775. The molecule has 0 radical (unpaired) electrons. The van der Waals surface area contributed by atoms with E-state index in [-0.39, 0.29) is 5.41 Å². The summed E-state index contributed by atoms with van der Waals surface area (Å²) in [7, 11) is 0. The van der Waals surface area contributed by atoms with E-state index in [0.717, 1.165) is 12.8 Å². The highest BCUT2D eigenvalue weighted by atomic mass is 16.4. The van der Waals surface area contributed by atoms with Gasteiger partial charge in [0, 0.05) is 5.57 Å². The predicted molar refractivity (Wildman–Crippen MR) is 47.9 cm³/mol. The summed E-state index contributed by atoms with van der Waals surface area (Å²) in [5, 5.41) is 8.72. The van der Waals surface area contributed by atoms with Gasteiger partial charge in [-0.3, -0.25) is 0 Å². The fourth-order valence-electron chi connectivity index (χ4n) is 1.64. The van der Waals surface area contributed by atoms with Crippen molar-refractivity contribution in [1.82, 2.24) is 0 Å². The maximum absolute atomic E-state index is 10.6. The SMILES string of the molecule is C=CC[C@@]1(C)C=C(C(=O)O)CC1. The van der Waals surface area contributed by atoms with E-state index >= 15 is 0 Å². The van der Waals surface area contributed by atoms with Crippen molar-refractivity contribution in [1.29, 1.82) is 0 Å². The summed E-state index contributed by atoms with van der Waals surface area (Å²) in [6.07, 6.45) is 6.21. The Balaban J connectivity index is 2.74. The Morgan fingerprint density at radius 3 is 3.00 bits per heavy atom. The van der Waals surface area contributed by atoms with E-state index in [0.29, 0.717) is 12.0 Å². The molecule has 0 fully saturated rings. The average molecular weight is 166 g/mol. The van der Waals surface area contributed by atoms with Gasteiger partial charge in [-0.15, -0.1) is 6.58 Å². The van der Waals surface area contributed by atoms with Gasteiger partial charge in [0.25, 0.3) is 0 Å². The first-order valence-electron chi connectivity index (χ1n) is 4.13. The molecule has 0 heterocycles. The summed E-state index contributed by atoms with van der Waals surface area (Å²) >= 11 is 0. The first kappa shape index (κ1) is 9.04. The van der Waals surface area contributed by atoms with Crippen molar-refractivity contribution in [2.24, 2.45) is 5.41 Å². The van der Waals surface area contributed by atoms with Crippen LogP contribution in [-0.2, 0) is 4.79 Å². The van der Waals surface area contributed by atoms with E-state index < -0.39 is 5.97 Å². The molecule has 0 unspecified atom stereocenters. The van der Waals surface area contributed by atoms with Gasteiger partial charge in [0.05, 0.1) is 0 Å². The maximum Gasteiger partial charge on any atom is 0.331 e. The Morgan fingerprint density at radius 2 is 2.58 bits per heavy atom. The second kappa shape index (κ2) is 3.13. The second-order valence-electron chi connectivity index (χ2n) is 3.62. The summed E-state index contributed by atoms with van der Waals surface area (Å²) in [5.41, 5.74) is 0.592. The number of aliphatic carboxylic acids is 1. The first-order valence-corrected chi connectivity index (χ1v) is 4.13. The molecule has 1 N–H and O–H groups in total. The van der Waals surface area contributed by atoms with E-state index in [1.807, 2.05) is 12.2 Å². The summed E-state index contributed by atoms with van der Waals surface area (Å²) in [6, 6.07) is 0. The van der Waals surface area contributed by atoms with Crippen molar-refractivity contribution < 1.29 is 9.90 Å². The highest BCUT2D eigenvalue weighted by molar-refractivity contribution is 5.87. The van der Waals surface area contributed by atoms with Gasteiger partial charge in [0.1, 0.15) is 0 Å². The van der Waals surface area contributed by atoms with Gasteiger partial charge in [-0.1, -0.05) is 19.1 Å². The summed E-state index contributed by atoms with van der Waals surface area (Å²) in [6.45, 7) is 5.74. The van der Waals surface area contributed by atoms with Crippen LogP contribution in [0.25, 0.3) is 0 Å². The zero-order valence-electron chi connectivity index (χ0n) is 7.34. The normalized spacial score (nSPS) is 28.2. The number of carboxylic acid groups (broad SMARTS) is 1. The third kappa shape index (κ3) is 1.76. The molecule has 1 rings (SSSR count). The highest BCUT2D eigenvalue weighted by Crippen LogP contribution is 2.38. The zero-order valence-corrected chi connectivity index (χ0v) is 7.34. The van der Waals surface area contributed by atoms with Crippen LogP contribution in [0.3, 0.4) is 0 Å². The predicted octanol–water partition coefficient (Wildman–Crippen LogP) is 2.37. The Kier molecular flexibility index (Phi) is 2.36. The molecule has 1 aliphatic rings. The van der Waals surface area contributed by atoms with Crippen molar-refractivity contribution in [3.63, 3.8) is 0 Å². The highest BCUT2D eigenvalue weighted by Gasteiger charge is 2.29. The minimum absolute atomic E-state index is 0.0372. The fourth-order valence-corrected chi connectivity index (χ4v) is 1.64. The van der Waals surface area contributed by atoms with Crippen molar-refractivity contribution in [2.75, 3.05) is 0 Å². The lowest BCUT2D eigenvalue weighted by atomic mass is 9.87. The molecule has 1 atom stereocenters. The first-order chi connectivity index (χ1) is 5.57.